The van der Waals surface area contributed by atoms with Gasteiger partial charge >= 0.3 is 39.7 Å². The van der Waals surface area contributed by atoms with Gasteiger partial charge in [0, 0.05) is 0 Å². The van der Waals surface area contributed by atoms with Crippen molar-refractivity contribution < 1.29 is 26.4 Å². The predicted octanol–water partition coefficient (Wildman–Crippen LogP) is 10.0. The van der Waals surface area contributed by atoms with Crippen LogP contribution in [-0.4, -0.2) is 41.7 Å². The van der Waals surface area contributed by atoms with E-state index in [-0.39, 0.29) is 17.1 Å². The molecule has 0 aromatic carbocycles. The number of hydrogen-bond acceptors (Lipinski definition) is 2. The molecule has 0 bridgehead atoms. The molecule has 0 rings (SSSR count). The molecular formula is C27H54FeO2P2S2. The molecule has 0 unspecified atom stereocenters. The Labute approximate surface area is 239 Å². The summed E-state index contributed by atoms with van der Waals surface area (Å²) in [5, 5.41) is 0. The minimum absolute atomic E-state index is 0. The van der Waals surface area contributed by atoms with Crippen molar-refractivity contribution in [1.29, 1.82) is 0 Å². The van der Waals surface area contributed by atoms with E-state index in [1.807, 2.05) is 4.70 Å². The van der Waals surface area contributed by atoms with E-state index in [9.17, 15) is 0 Å². The third-order valence-corrected chi connectivity index (χ3v) is 10.7. The van der Waals surface area contributed by atoms with Crippen molar-refractivity contribution in [2.75, 3.05) is 37.0 Å². The maximum atomic E-state index is 7.50. The van der Waals surface area contributed by atoms with Crippen molar-refractivity contribution in [3.8, 4) is 0 Å². The summed E-state index contributed by atoms with van der Waals surface area (Å²) < 4.78 is 16.9. The molecule has 0 atom stereocenters. The predicted molar refractivity (Wildman–Crippen MR) is 160 cm³/mol. The van der Waals surface area contributed by atoms with E-state index in [0.29, 0.717) is 15.8 Å². The van der Waals surface area contributed by atoms with Crippen molar-refractivity contribution in [3.63, 3.8) is 0 Å². The molecule has 204 valence electrons. The minimum atomic E-state index is 0. The molecule has 0 aliphatic heterocycles. The monoisotopic (exact) mass is 592 g/mol. The van der Waals surface area contributed by atoms with E-state index in [0.717, 1.165) is 0 Å². The summed E-state index contributed by atoms with van der Waals surface area (Å²) in [6.07, 6.45) is 26.4. The van der Waals surface area contributed by atoms with Gasteiger partial charge in [0.2, 0.25) is 0 Å². The van der Waals surface area contributed by atoms with E-state index in [2.05, 4.69) is 79.7 Å². The zero-order valence-electron chi connectivity index (χ0n) is 23.1. The van der Waals surface area contributed by atoms with Crippen LogP contribution in [0.4, 0.5) is 0 Å². The molecule has 7 heteroatoms. The number of rotatable bonds is 18. The van der Waals surface area contributed by atoms with Crippen molar-refractivity contribution in [2.45, 2.75) is 119 Å². The van der Waals surface area contributed by atoms with Crippen LogP contribution in [-0.2, 0) is 39.0 Å². The Balaban J connectivity index is -0.0000000889. The van der Waals surface area contributed by atoms with Gasteiger partial charge in [0.25, 0.3) is 0 Å². The summed E-state index contributed by atoms with van der Waals surface area (Å²) >= 11 is 7.92. The van der Waals surface area contributed by atoms with Gasteiger partial charge in [-0.2, -0.15) is 0 Å². The molecule has 2 nitrogen and oxygen atoms in total. The van der Waals surface area contributed by atoms with Crippen LogP contribution >= 0.6 is 28.1 Å². The van der Waals surface area contributed by atoms with Gasteiger partial charge in [0.05, 0.1) is 0 Å². The van der Waals surface area contributed by atoms with Crippen LogP contribution in [0.3, 0.4) is 0 Å². The molecular weight excluding hydrogens is 538 g/mol. The van der Waals surface area contributed by atoms with Crippen LogP contribution in [0.15, 0.2) is 0 Å². The topological polar surface area (TPSA) is 39.8 Å². The maximum absolute atomic E-state index is 7.50. The summed E-state index contributed by atoms with van der Waals surface area (Å²) in [6.45, 7) is 22.9. The number of thiocarbonyl (C=S) groups is 1. The summed E-state index contributed by atoms with van der Waals surface area (Å²) in [4.78, 5) is 0. The van der Waals surface area contributed by atoms with E-state index < -0.39 is 0 Å². The maximum Gasteiger partial charge on any atom is 2.00 e. The van der Waals surface area contributed by atoms with E-state index in [1.54, 1.807) is 37.0 Å². The smallest absolute Gasteiger partial charge is 2.00 e. The summed E-state index contributed by atoms with van der Waals surface area (Å²) in [5.74, 6) is 0. The Morgan fingerprint density at radius 3 is 0.735 bits per heavy atom. The second kappa shape index (κ2) is 54.9. The quantitative estimate of drug-likeness (QED) is 0.0397. The zero-order chi connectivity index (χ0) is 26.6. The van der Waals surface area contributed by atoms with Gasteiger partial charge < -0.3 is 29.5 Å². The van der Waals surface area contributed by atoms with Gasteiger partial charge in [-0.25, -0.2) is 0 Å². The first-order valence-electron chi connectivity index (χ1n) is 13.0. The van der Waals surface area contributed by atoms with Crippen LogP contribution in [0.1, 0.15) is 119 Å². The number of hydrogen-bond donors (Lipinski definition) is 0. The zero-order valence-corrected chi connectivity index (χ0v) is 27.6. The second-order valence-electron chi connectivity index (χ2n) is 7.89. The van der Waals surface area contributed by atoms with Gasteiger partial charge in [-0.1, -0.05) is 80.1 Å². The van der Waals surface area contributed by atoms with Crippen molar-refractivity contribution in [3.05, 3.63) is 13.3 Å². The van der Waals surface area contributed by atoms with E-state index in [1.165, 1.54) is 77.0 Å². The Morgan fingerprint density at radius 2 is 0.647 bits per heavy atom. The standard InChI is InChI=1S/2C12H27P.2CO.CS2.Fe/c2*1-4-7-10-13(11-8-5-2)12-9-6-3;2*1-2;2-1-3;/h2*4-12H2,1-3H3;;;;/q;;;;-2;+2. The molecule has 0 fully saturated rings. The molecule has 0 amide bonds. The van der Waals surface area contributed by atoms with Gasteiger partial charge in [0.15, 0.2) is 0 Å². The van der Waals surface area contributed by atoms with E-state index in [4.69, 9.17) is 9.30 Å². The third-order valence-electron chi connectivity index (χ3n) is 4.97. The summed E-state index contributed by atoms with van der Waals surface area (Å²) in [7, 11) is 0.843. The molecule has 0 aliphatic carbocycles. The van der Waals surface area contributed by atoms with Gasteiger partial charge in [-0.3, -0.25) is 0 Å². The first-order chi connectivity index (χ1) is 16.1. The third kappa shape index (κ3) is 54.2. The molecule has 0 aliphatic rings. The Hall–Kier alpha value is 1.17. The summed E-state index contributed by atoms with van der Waals surface area (Å²) in [6, 6.07) is 0. The summed E-state index contributed by atoms with van der Waals surface area (Å²) in [5.41, 5.74) is 0. The fraction of sp³-hybridized carbons (Fsp3) is 0.889. The molecule has 0 aromatic heterocycles. The van der Waals surface area contributed by atoms with Gasteiger partial charge in [-0.15, -0.1) is 15.8 Å². The second-order valence-corrected chi connectivity index (χ2v) is 13.9. The molecule has 0 spiro atoms. The average molecular weight is 593 g/mol. The van der Waals surface area contributed by atoms with Crippen LogP contribution in [0.2, 0.25) is 0 Å². The largest absolute Gasteiger partial charge is 2.00 e. The van der Waals surface area contributed by atoms with Crippen LogP contribution < -0.4 is 0 Å². The van der Waals surface area contributed by atoms with Crippen LogP contribution in [0, 0.1) is 13.3 Å². The fourth-order valence-electron chi connectivity index (χ4n) is 2.96. The average Bonchev–Trinajstić information content (AvgIpc) is 2.86. The number of unbranched alkanes of at least 4 members (excludes halogenated alkanes) is 6. The fourth-order valence-corrected chi connectivity index (χ4v) is 8.88. The molecule has 0 radical (unpaired) electrons. The Bertz CT molecular complexity index is 292. The van der Waals surface area contributed by atoms with E-state index >= 15 is 0 Å². The van der Waals surface area contributed by atoms with Crippen LogP contribution in [0.5, 0.6) is 0 Å². The molecule has 0 saturated heterocycles. The SMILES string of the molecule is CCCCP(CCCC)CCCC.CCCCP(CCCC)CCCC.S=[C-][S-].[C-]#[O+].[C-]#[O+].[Fe+2]. The Kier molecular flexibility index (Phi) is 77.9. The molecule has 0 N–H and O–H groups in total. The van der Waals surface area contributed by atoms with Crippen molar-refractivity contribution >= 4 is 45.4 Å². The molecule has 34 heavy (non-hydrogen) atoms. The molecule has 0 aromatic rings. The van der Waals surface area contributed by atoms with Crippen LogP contribution in [0.25, 0.3) is 0 Å². The van der Waals surface area contributed by atoms with Crippen molar-refractivity contribution in [2.24, 2.45) is 0 Å². The molecule has 0 saturated carbocycles. The Morgan fingerprint density at radius 1 is 0.529 bits per heavy atom. The first kappa shape index (κ1) is 48.3. The van der Waals surface area contributed by atoms with Gasteiger partial charge in [0.1, 0.15) is 0 Å². The first-order valence-corrected chi connectivity index (χ1v) is 17.6. The van der Waals surface area contributed by atoms with Crippen molar-refractivity contribution in [1.82, 2.24) is 0 Å². The minimum Gasteiger partial charge on any atom is 2.00 e. The molecule has 0 heterocycles. The van der Waals surface area contributed by atoms with Gasteiger partial charge in [-0.05, 0) is 75.5 Å². The normalized spacial score (nSPS) is 8.94.